The fourth-order valence-electron chi connectivity index (χ4n) is 2.43. The summed E-state index contributed by atoms with van der Waals surface area (Å²) in [6, 6.07) is 7.19. The molecule has 0 spiro atoms. The minimum atomic E-state index is -0.298. The van der Waals surface area contributed by atoms with Gasteiger partial charge in [-0.3, -0.25) is 4.79 Å². The first kappa shape index (κ1) is 15.0. The molecule has 1 amide bonds. The van der Waals surface area contributed by atoms with Gasteiger partial charge in [-0.15, -0.1) is 5.10 Å². The predicted octanol–water partition coefficient (Wildman–Crippen LogP) is 1.58. The van der Waals surface area contributed by atoms with Crippen molar-refractivity contribution < 1.29 is 9.53 Å². The van der Waals surface area contributed by atoms with E-state index in [9.17, 15) is 4.79 Å². The number of nitrogens with one attached hydrogen (secondary N) is 2. The van der Waals surface area contributed by atoms with Gasteiger partial charge >= 0.3 is 0 Å². The van der Waals surface area contributed by atoms with Crippen molar-refractivity contribution in [1.82, 2.24) is 30.5 Å². The van der Waals surface area contributed by atoms with Gasteiger partial charge in [0.15, 0.2) is 5.82 Å². The number of rotatable bonds is 5. The minimum absolute atomic E-state index is 0.213. The third-order valence-corrected chi connectivity index (χ3v) is 3.54. The Kier molecular flexibility index (Phi) is 3.96. The fourth-order valence-corrected chi connectivity index (χ4v) is 2.43. The van der Waals surface area contributed by atoms with Crippen LogP contribution in [-0.2, 0) is 7.05 Å². The smallest absolute Gasteiger partial charge is 0.268 e. The molecule has 3 aromatic rings. The zero-order valence-electron chi connectivity index (χ0n) is 13.2. The molecule has 3 rings (SSSR count). The van der Waals surface area contributed by atoms with Crippen molar-refractivity contribution in [2.45, 2.75) is 19.9 Å². The van der Waals surface area contributed by atoms with Crippen LogP contribution in [0.15, 0.2) is 24.3 Å². The lowest BCUT2D eigenvalue weighted by Gasteiger charge is -2.11. The summed E-state index contributed by atoms with van der Waals surface area (Å²) in [5.74, 6) is 1.15. The van der Waals surface area contributed by atoms with Crippen LogP contribution in [0.25, 0.3) is 10.9 Å². The van der Waals surface area contributed by atoms with Gasteiger partial charge in [-0.2, -0.15) is 0 Å². The van der Waals surface area contributed by atoms with E-state index in [0.29, 0.717) is 18.1 Å². The van der Waals surface area contributed by atoms with Gasteiger partial charge in [-0.25, -0.2) is 4.68 Å². The largest absolute Gasteiger partial charge is 0.494 e. The molecule has 0 fully saturated rings. The molecule has 1 atom stereocenters. The van der Waals surface area contributed by atoms with Crippen LogP contribution in [0.5, 0.6) is 5.75 Å². The highest BCUT2D eigenvalue weighted by Gasteiger charge is 2.17. The molecule has 1 aromatic carbocycles. The number of ether oxygens (including phenoxy) is 1. The van der Waals surface area contributed by atoms with Crippen LogP contribution in [0.1, 0.15) is 36.2 Å². The molecule has 0 radical (unpaired) electrons. The van der Waals surface area contributed by atoms with Crippen LogP contribution in [0.4, 0.5) is 0 Å². The normalized spacial score (nSPS) is 12.3. The Morgan fingerprint density at radius 3 is 2.96 bits per heavy atom. The number of nitrogens with zero attached hydrogens (tertiary/aromatic N) is 4. The van der Waals surface area contributed by atoms with Crippen LogP contribution in [0, 0.1) is 0 Å². The van der Waals surface area contributed by atoms with E-state index >= 15 is 0 Å². The summed E-state index contributed by atoms with van der Waals surface area (Å²) >= 11 is 0. The van der Waals surface area contributed by atoms with Crippen molar-refractivity contribution in [3.05, 3.63) is 35.8 Å². The lowest BCUT2D eigenvalue weighted by Crippen LogP contribution is -2.28. The Hall–Kier alpha value is -2.90. The maximum atomic E-state index is 12.4. The van der Waals surface area contributed by atoms with Crippen molar-refractivity contribution in [3.63, 3.8) is 0 Å². The van der Waals surface area contributed by atoms with E-state index in [-0.39, 0.29) is 11.9 Å². The number of carbonyl (C=O) groups excluding carboxylic acids is 1. The lowest BCUT2D eigenvalue weighted by atomic mass is 10.2. The lowest BCUT2D eigenvalue weighted by molar-refractivity contribution is 0.0933. The van der Waals surface area contributed by atoms with Crippen LogP contribution >= 0.6 is 0 Å². The summed E-state index contributed by atoms with van der Waals surface area (Å²) < 4.78 is 7.00. The zero-order chi connectivity index (χ0) is 16.4. The van der Waals surface area contributed by atoms with Crippen molar-refractivity contribution in [3.8, 4) is 5.75 Å². The molecule has 0 saturated heterocycles. The molecule has 120 valence electrons. The SMILES string of the molecule is CCOc1ccc2cc(C(=O)N[C@@H](C)c3nnnn3C)[nH]c2c1. The molecule has 0 aliphatic carbocycles. The maximum absolute atomic E-state index is 12.4. The van der Waals surface area contributed by atoms with E-state index < -0.39 is 0 Å². The molecule has 0 saturated carbocycles. The molecule has 0 aliphatic rings. The van der Waals surface area contributed by atoms with Gasteiger partial charge in [0.05, 0.1) is 12.6 Å². The number of hydrogen-bond donors (Lipinski definition) is 2. The highest BCUT2D eigenvalue weighted by Crippen LogP contribution is 2.22. The number of H-pyrrole nitrogens is 1. The first-order valence-electron chi connectivity index (χ1n) is 7.37. The fraction of sp³-hybridized carbons (Fsp3) is 0.333. The third-order valence-electron chi connectivity index (χ3n) is 3.54. The molecule has 0 bridgehead atoms. The first-order chi connectivity index (χ1) is 11.1. The second-order valence-corrected chi connectivity index (χ2v) is 5.22. The van der Waals surface area contributed by atoms with Crippen LogP contribution < -0.4 is 10.1 Å². The molecule has 8 heteroatoms. The summed E-state index contributed by atoms with van der Waals surface area (Å²) in [5, 5.41) is 15.1. The quantitative estimate of drug-likeness (QED) is 0.745. The van der Waals surface area contributed by atoms with Gasteiger partial charge in [0.1, 0.15) is 11.4 Å². The molecule has 8 nitrogen and oxygen atoms in total. The van der Waals surface area contributed by atoms with Gasteiger partial charge < -0.3 is 15.0 Å². The predicted molar refractivity (Wildman–Crippen MR) is 84.1 cm³/mol. The van der Waals surface area contributed by atoms with Crippen LogP contribution in [0.3, 0.4) is 0 Å². The van der Waals surface area contributed by atoms with Crippen molar-refractivity contribution >= 4 is 16.8 Å². The highest BCUT2D eigenvalue weighted by molar-refractivity contribution is 5.98. The number of fused-ring (bicyclic) bond motifs is 1. The molecule has 2 aromatic heterocycles. The Balaban J connectivity index is 1.79. The van der Waals surface area contributed by atoms with E-state index in [2.05, 4.69) is 25.8 Å². The minimum Gasteiger partial charge on any atom is -0.494 e. The third kappa shape index (κ3) is 3.01. The van der Waals surface area contributed by atoms with E-state index in [1.54, 1.807) is 7.05 Å². The molecule has 2 N–H and O–H groups in total. The number of aromatic nitrogens is 5. The second-order valence-electron chi connectivity index (χ2n) is 5.22. The number of tetrazole rings is 1. The molecule has 2 heterocycles. The van der Waals surface area contributed by atoms with Gasteiger partial charge in [-0.05, 0) is 42.5 Å². The molecular formula is C15H18N6O2. The number of benzene rings is 1. The summed E-state index contributed by atoms with van der Waals surface area (Å²) in [5.41, 5.74) is 1.34. The monoisotopic (exact) mass is 314 g/mol. The first-order valence-corrected chi connectivity index (χ1v) is 7.37. The van der Waals surface area contributed by atoms with E-state index in [1.807, 2.05) is 38.1 Å². The number of aryl methyl sites for hydroxylation is 1. The Bertz CT molecular complexity index is 837. The second kappa shape index (κ2) is 6.07. The van der Waals surface area contributed by atoms with Crippen LogP contribution in [0.2, 0.25) is 0 Å². The summed E-state index contributed by atoms with van der Waals surface area (Å²) in [6.45, 7) is 4.36. The average Bonchev–Trinajstić information content (AvgIpc) is 3.13. The van der Waals surface area contributed by atoms with E-state index in [0.717, 1.165) is 16.7 Å². The number of aromatic amines is 1. The highest BCUT2D eigenvalue weighted by atomic mass is 16.5. The van der Waals surface area contributed by atoms with Crippen molar-refractivity contribution in [1.29, 1.82) is 0 Å². The molecular weight excluding hydrogens is 296 g/mol. The maximum Gasteiger partial charge on any atom is 0.268 e. The standard InChI is InChI=1S/C15H18N6O2/c1-4-23-11-6-5-10-7-13(17-12(10)8-11)15(22)16-9(2)14-18-19-20-21(14)3/h5-9,17H,4H2,1-3H3,(H,16,22)/t9-/m0/s1. The topological polar surface area (TPSA) is 97.7 Å². The van der Waals surface area contributed by atoms with Crippen LogP contribution in [-0.4, -0.2) is 37.7 Å². The molecule has 23 heavy (non-hydrogen) atoms. The Labute approximate surface area is 132 Å². The summed E-state index contributed by atoms with van der Waals surface area (Å²) in [7, 11) is 1.73. The number of hydrogen-bond acceptors (Lipinski definition) is 5. The van der Waals surface area contributed by atoms with E-state index in [1.165, 1.54) is 4.68 Å². The number of amides is 1. The van der Waals surface area contributed by atoms with Gasteiger partial charge in [0.2, 0.25) is 0 Å². The summed E-state index contributed by atoms with van der Waals surface area (Å²) in [4.78, 5) is 15.5. The average molecular weight is 314 g/mol. The van der Waals surface area contributed by atoms with Crippen molar-refractivity contribution in [2.75, 3.05) is 6.61 Å². The number of carbonyl (C=O) groups is 1. The molecule has 0 unspecified atom stereocenters. The van der Waals surface area contributed by atoms with Gasteiger partial charge in [0.25, 0.3) is 5.91 Å². The van der Waals surface area contributed by atoms with Gasteiger partial charge in [-0.1, -0.05) is 0 Å². The van der Waals surface area contributed by atoms with Gasteiger partial charge in [0, 0.05) is 24.0 Å². The zero-order valence-corrected chi connectivity index (χ0v) is 13.2. The van der Waals surface area contributed by atoms with Crippen molar-refractivity contribution in [2.24, 2.45) is 7.05 Å². The van der Waals surface area contributed by atoms with E-state index in [4.69, 9.17) is 4.74 Å². The Morgan fingerprint density at radius 2 is 2.26 bits per heavy atom. The Morgan fingerprint density at radius 1 is 1.43 bits per heavy atom. The molecule has 0 aliphatic heterocycles. The summed E-state index contributed by atoms with van der Waals surface area (Å²) in [6.07, 6.45) is 0.